The Hall–Kier alpha value is -2.53. The number of hydrazone groups is 1. The summed E-state index contributed by atoms with van der Waals surface area (Å²) in [6, 6.07) is 15.8. The number of rotatable bonds is 3. The molecule has 0 spiro atoms. The van der Waals surface area contributed by atoms with E-state index in [0.29, 0.717) is 5.13 Å². The van der Waals surface area contributed by atoms with Gasteiger partial charge in [-0.05, 0) is 24.6 Å². The number of amides is 1. The van der Waals surface area contributed by atoms with Crippen LogP contribution in [0.3, 0.4) is 0 Å². The van der Waals surface area contributed by atoms with E-state index < -0.39 is 0 Å². The number of fused-ring (bicyclic) bond motifs is 1. The first kappa shape index (κ1) is 14.4. The van der Waals surface area contributed by atoms with E-state index in [1.807, 2.05) is 55.5 Å². The smallest absolute Gasteiger partial charge is 0.246 e. The molecule has 0 unspecified atom stereocenters. The average molecular weight is 309 g/mol. The van der Waals surface area contributed by atoms with Crippen molar-refractivity contribution < 1.29 is 4.79 Å². The largest absolute Gasteiger partial charge is 0.273 e. The zero-order valence-electron chi connectivity index (χ0n) is 12.4. The van der Waals surface area contributed by atoms with E-state index in [9.17, 15) is 4.79 Å². The molecule has 0 saturated carbocycles. The van der Waals surface area contributed by atoms with Gasteiger partial charge in [-0.15, -0.1) is 0 Å². The minimum Gasteiger partial charge on any atom is -0.273 e. The molecule has 0 atom stereocenters. The van der Waals surface area contributed by atoms with Crippen molar-refractivity contribution in [3.05, 3.63) is 59.7 Å². The van der Waals surface area contributed by atoms with Crippen molar-refractivity contribution in [2.75, 3.05) is 5.01 Å². The quantitative estimate of drug-likeness (QED) is 0.542. The van der Waals surface area contributed by atoms with E-state index in [1.165, 1.54) is 28.8 Å². The third-order valence-electron chi connectivity index (χ3n) is 3.16. The molecule has 0 aliphatic rings. The van der Waals surface area contributed by atoms with Crippen LogP contribution < -0.4 is 5.01 Å². The second-order valence-electron chi connectivity index (χ2n) is 4.95. The average Bonchev–Trinajstić information content (AvgIpc) is 2.92. The maximum Gasteiger partial charge on any atom is 0.246 e. The Balaban J connectivity index is 1.92. The lowest BCUT2D eigenvalue weighted by atomic mass is 10.2. The molecule has 0 radical (unpaired) electrons. The monoisotopic (exact) mass is 309 g/mol. The van der Waals surface area contributed by atoms with Crippen molar-refractivity contribution in [1.82, 2.24) is 4.98 Å². The number of para-hydroxylation sites is 1. The Morgan fingerprint density at radius 2 is 1.91 bits per heavy atom. The molecular weight excluding hydrogens is 294 g/mol. The molecule has 0 fully saturated rings. The summed E-state index contributed by atoms with van der Waals surface area (Å²) in [4.78, 5) is 16.3. The first-order chi connectivity index (χ1) is 10.6. The van der Waals surface area contributed by atoms with Crippen molar-refractivity contribution in [2.45, 2.75) is 13.8 Å². The standard InChI is InChI=1S/C17H15N3OS/c1-12-7-9-14(10-8-12)11-18-20(13(2)21)17-19-15-5-3-4-6-16(15)22-17/h3-11H,1-2H3/b18-11-. The highest BCUT2D eigenvalue weighted by atomic mass is 32.1. The normalized spacial score (nSPS) is 11.2. The van der Waals surface area contributed by atoms with E-state index in [1.54, 1.807) is 6.21 Å². The fourth-order valence-electron chi connectivity index (χ4n) is 1.99. The molecule has 0 bridgehead atoms. The van der Waals surface area contributed by atoms with Gasteiger partial charge in [0, 0.05) is 6.92 Å². The van der Waals surface area contributed by atoms with E-state index in [0.717, 1.165) is 15.8 Å². The Labute approximate surface area is 132 Å². The van der Waals surface area contributed by atoms with Crippen LogP contribution in [0.25, 0.3) is 10.2 Å². The number of carbonyl (C=O) groups is 1. The lowest BCUT2D eigenvalue weighted by molar-refractivity contribution is -0.116. The molecule has 1 amide bonds. The summed E-state index contributed by atoms with van der Waals surface area (Å²) in [7, 11) is 0. The zero-order chi connectivity index (χ0) is 15.5. The molecule has 5 heteroatoms. The van der Waals surface area contributed by atoms with E-state index in [4.69, 9.17) is 0 Å². The lowest BCUT2D eigenvalue weighted by Gasteiger charge is -2.10. The summed E-state index contributed by atoms with van der Waals surface area (Å²) in [5.41, 5.74) is 3.00. The van der Waals surface area contributed by atoms with Gasteiger partial charge in [0.25, 0.3) is 0 Å². The van der Waals surface area contributed by atoms with Gasteiger partial charge >= 0.3 is 0 Å². The Morgan fingerprint density at radius 3 is 2.59 bits per heavy atom. The third-order valence-corrected chi connectivity index (χ3v) is 4.17. The van der Waals surface area contributed by atoms with Gasteiger partial charge in [0.2, 0.25) is 11.0 Å². The Kier molecular flexibility index (Phi) is 3.98. The molecule has 22 heavy (non-hydrogen) atoms. The highest BCUT2D eigenvalue weighted by Gasteiger charge is 2.15. The van der Waals surface area contributed by atoms with Crippen molar-refractivity contribution >= 4 is 38.8 Å². The first-order valence-corrected chi connectivity index (χ1v) is 7.72. The van der Waals surface area contributed by atoms with Gasteiger partial charge in [-0.3, -0.25) is 4.79 Å². The summed E-state index contributed by atoms with van der Waals surface area (Å²) in [6.07, 6.45) is 1.67. The number of carbonyl (C=O) groups excluding carboxylic acids is 1. The van der Waals surface area contributed by atoms with Crippen molar-refractivity contribution in [2.24, 2.45) is 5.10 Å². The van der Waals surface area contributed by atoms with Gasteiger partial charge < -0.3 is 0 Å². The highest BCUT2D eigenvalue weighted by Crippen LogP contribution is 2.28. The molecule has 0 saturated heterocycles. The van der Waals surface area contributed by atoms with E-state index in [2.05, 4.69) is 10.1 Å². The topological polar surface area (TPSA) is 45.6 Å². The molecule has 0 N–H and O–H groups in total. The molecule has 1 heterocycles. The number of hydrogen-bond acceptors (Lipinski definition) is 4. The van der Waals surface area contributed by atoms with E-state index >= 15 is 0 Å². The molecular formula is C17H15N3OS. The zero-order valence-corrected chi connectivity index (χ0v) is 13.2. The van der Waals surface area contributed by atoms with Gasteiger partial charge in [0.15, 0.2) is 0 Å². The van der Waals surface area contributed by atoms with E-state index in [-0.39, 0.29) is 5.91 Å². The number of nitrogens with zero attached hydrogens (tertiary/aromatic N) is 3. The number of aromatic nitrogens is 1. The summed E-state index contributed by atoms with van der Waals surface area (Å²) in [5.74, 6) is -0.164. The van der Waals surface area contributed by atoms with Crippen LogP contribution in [0.5, 0.6) is 0 Å². The first-order valence-electron chi connectivity index (χ1n) is 6.90. The number of thiazole rings is 1. The maximum absolute atomic E-state index is 11.9. The maximum atomic E-state index is 11.9. The van der Waals surface area contributed by atoms with Crippen LogP contribution in [0.15, 0.2) is 53.6 Å². The summed E-state index contributed by atoms with van der Waals surface area (Å²) < 4.78 is 1.04. The number of anilines is 1. The fourth-order valence-corrected chi connectivity index (χ4v) is 2.96. The molecule has 0 aliphatic carbocycles. The van der Waals surface area contributed by atoms with Crippen LogP contribution in [0.2, 0.25) is 0 Å². The number of aryl methyl sites for hydroxylation is 1. The molecule has 3 rings (SSSR count). The second-order valence-corrected chi connectivity index (χ2v) is 5.96. The van der Waals surface area contributed by atoms with Crippen molar-refractivity contribution in [1.29, 1.82) is 0 Å². The van der Waals surface area contributed by atoms with Crippen LogP contribution in [-0.4, -0.2) is 17.1 Å². The van der Waals surface area contributed by atoms with Crippen LogP contribution in [-0.2, 0) is 4.79 Å². The second kappa shape index (κ2) is 6.07. The molecule has 1 aromatic heterocycles. The van der Waals surface area contributed by atoms with Crippen molar-refractivity contribution in [3.8, 4) is 0 Å². The molecule has 0 aliphatic heterocycles. The summed E-state index contributed by atoms with van der Waals surface area (Å²) in [6.45, 7) is 3.52. The Bertz CT molecular complexity index is 803. The van der Waals surface area contributed by atoms with Crippen molar-refractivity contribution in [3.63, 3.8) is 0 Å². The number of hydrogen-bond donors (Lipinski definition) is 0. The Morgan fingerprint density at radius 1 is 1.18 bits per heavy atom. The van der Waals surface area contributed by atoms with Gasteiger partial charge in [-0.2, -0.15) is 10.1 Å². The van der Waals surface area contributed by atoms with Crippen LogP contribution >= 0.6 is 11.3 Å². The minimum atomic E-state index is -0.164. The van der Waals surface area contributed by atoms with Gasteiger partial charge in [0.05, 0.1) is 16.4 Å². The minimum absolute atomic E-state index is 0.164. The van der Waals surface area contributed by atoms with Crippen LogP contribution in [0.4, 0.5) is 5.13 Å². The lowest BCUT2D eigenvalue weighted by Crippen LogP contribution is -2.22. The molecule has 4 nitrogen and oxygen atoms in total. The summed E-state index contributed by atoms with van der Waals surface area (Å²) in [5, 5.41) is 6.21. The van der Waals surface area contributed by atoms with Gasteiger partial charge in [0.1, 0.15) is 0 Å². The highest BCUT2D eigenvalue weighted by molar-refractivity contribution is 7.22. The van der Waals surface area contributed by atoms with Crippen LogP contribution in [0, 0.1) is 6.92 Å². The SMILES string of the molecule is CC(=O)N(/N=C\c1ccc(C)cc1)c1nc2ccccc2s1. The third kappa shape index (κ3) is 3.04. The molecule has 2 aromatic carbocycles. The predicted octanol–water partition coefficient (Wildman–Crippen LogP) is 3.99. The predicted molar refractivity (Wildman–Crippen MR) is 91.6 cm³/mol. The van der Waals surface area contributed by atoms with Crippen LogP contribution in [0.1, 0.15) is 18.1 Å². The van der Waals surface area contributed by atoms with Gasteiger partial charge in [-0.25, -0.2) is 4.98 Å². The number of benzene rings is 2. The molecule has 3 aromatic rings. The fraction of sp³-hybridized carbons (Fsp3) is 0.118. The molecule has 110 valence electrons. The summed E-state index contributed by atoms with van der Waals surface area (Å²) >= 11 is 1.45. The van der Waals surface area contributed by atoms with Gasteiger partial charge in [-0.1, -0.05) is 53.3 Å².